The third-order valence-corrected chi connectivity index (χ3v) is 3.28. The zero-order chi connectivity index (χ0) is 10.7. The van der Waals surface area contributed by atoms with Crippen LogP contribution in [0, 0.1) is 5.92 Å². The summed E-state index contributed by atoms with van der Waals surface area (Å²) in [5.74, 6) is 7.19. The van der Waals surface area contributed by atoms with E-state index in [4.69, 9.17) is 10.6 Å². The number of benzene rings is 1. The van der Waals surface area contributed by atoms with Gasteiger partial charge in [0.15, 0.2) is 0 Å². The highest BCUT2D eigenvalue weighted by Gasteiger charge is 2.27. The number of nitrogens with two attached hydrogens (primary N) is 1. The van der Waals surface area contributed by atoms with Crippen LogP contribution in [0.1, 0.15) is 30.9 Å². The predicted molar refractivity (Wildman–Crippen MR) is 60.4 cm³/mol. The van der Waals surface area contributed by atoms with Gasteiger partial charge in [-0.3, -0.25) is 11.3 Å². The highest BCUT2D eigenvalue weighted by molar-refractivity contribution is 5.29. The lowest BCUT2D eigenvalue weighted by molar-refractivity contribution is 0.232. The summed E-state index contributed by atoms with van der Waals surface area (Å²) >= 11 is 0. The summed E-state index contributed by atoms with van der Waals surface area (Å²) in [5.41, 5.74) is 4.17. The molecular weight excluding hydrogens is 188 g/mol. The molecule has 0 saturated heterocycles. The molecule has 0 radical (unpaired) electrons. The van der Waals surface area contributed by atoms with Gasteiger partial charge in [-0.05, 0) is 36.5 Å². The van der Waals surface area contributed by atoms with Gasteiger partial charge in [0, 0.05) is 6.04 Å². The Morgan fingerprint density at radius 3 is 2.40 bits per heavy atom. The Kier molecular flexibility index (Phi) is 3.23. The lowest BCUT2D eigenvalue weighted by Crippen LogP contribution is -2.36. The van der Waals surface area contributed by atoms with Crippen molar-refractivity contribution in [3.05, 3.63) is 29.8 Å². The second-order valence-electron chi connectivity index (χ2n) is 4.11. The minimum Gasteiger partial charge on any atom is -0.497 e. The molecule has 1 atom stereocenters. The Hall–Kier alpha value is -1.06. The first kappa shape index (κ1) is 10.5. The van der Waals surface area contributed by atoms with Crippen molar-refractivity contribution >= 4 is 0 Å². The smallest absolute Gasteiger partial charge is 0.118 e. The topological polar surface area (TPSA) is 47.3 Å². The van der Waals surface area contributed by atoms with Gasteiger partial charge in [0.1, 0.15) is 5.75 Å². The van der Waals surface area contributed by atoms with Crippen LogP contribution in [0.25, 0.3) is 0 Å². The molecule has 82 valence electrons. The first-order valence-electron chi connectivity index (χ1n) is 5.45. The van der Waals surface area contributed by atoms with E-state index in [0.29, 0.717) is 12.0 Å². The fraction of sp³-hybridized carbons (Fsp3) is 0.500. The van der Waals surface area contributed by atoms with Gasteiger partial charge in [0.2, 0.25) is 0 Å². The Labute approximate surface area is 90.6 Å². The van der Waals surface area contributed by atoms with E-state index >= 15 is 0 Å². The van der Waals surface area contributed by atoms with E-state index in [9.17, 15) is 0 Å². The number of hydrogen-bond donors (Lipinski definition) is 2. The summed E-state index contributed by atoms with van der Waals surface area (Å²) in [6.07, 6.45) is 3.89. The maximum absolute atomic E-state index is 5.60. The van der Waals surface area contributed by atoms with E-state index in [2.05, 4.69) is 17.6 Å². The quantitative estimate of drug-likeness (QED) is 0.585. The number of rotatable bonds is 4. The molecule has 15 heavy (non-hydrogen) atoms. The Morgan fingerprint density at radius 2 is 2.00 bits per heavy atom. The van der Waals surface area contributed by atoms with Crippen LogP contribution >= 0.6 is 0 Å². The zero-order valence-electron chi connectivity index (χ0n) is 9.07. The molecule has 1 saturated carbocycles. The van der Waals surface area contributed by atoms with Crippen molar-refractivity contribution in [3.63, 3.8) is 0 Å². The Morgan fingerprint density at radius 1 is 1.33 bits per heavy atom. The lowest BCUT2D eigenvalue weighted by atomic mass is 9.77. The number of hydrazine groups is 1. The second kappa shape index (κ2) is 4.64. The molecule has 1 fully saturated rings. The second-order valence-corrected chi connectivity index (χ2v) is 4.11. The van der Waals surface area contributed by atoms with Crippen LogP contribution in [0.5, 0.6) is 5.75 Å². The summed E-state index contributed by atoms with van der Waals surface area (Å²) < 4.78 is 5.13. The van der Waals surface area contributed by atoms with Crippen LogP contribution in [-0.4, -0.2) is 7.11 Å². The minimum absolute atomic E-state index is 0.296. The van der Waals surface area contributed by atoms with Crippen molar-refractivity contribution in [2.24, 2.45) is 11.8 Å². The van der Waals surface area contributed by atoms with Crippen LogP contribution < -0.4 is 16.0 Å². The van der Waals surface area contributed by atoms with Crippen molar-refractivity contribution in [1.29, 1.82) is 0 Å². The monoisotopic (exact) mass is 206 g/mol. The van der Waals surface area contributed by atoms with E-state index in [1.165, 1.54) is 24.8 Å². The molecule has 0 aromatic heterocycles. The van der Waals surface area contributed by atoms with Crippen LogP contribution in [0.3, 0.4) is 0 Å². The Balaban J connectivity index is 2.11. The van der Waals surface area contributed by atoms with Gasteiger partial charge < -0.3 is 4.74 Å². The SMILES string of the molecule is COc1ccc(C(NN)C2CCC2)cc1. The maximum Gasteiger partial charge on any atom is 0.118 e. The van der Waals surface area contributed by atoms with Crippen LogP contribution in [0.4, 0.5) is 0 Å². The fourth-order valence-corrected chi connectivity index (χ4v) is 2.09. The minimum atomic E-state index is 0.296. The summed E-state index contributed by atoms with van der Waals surface area (Å²) in [7, 11) is 1.68. The number of methoxy groups -OCH3 is 1. The summed E-state index contributed by atoms with van der Waals surface area (Å²) in [6.45, 7) is 0. The summed E-state index contributed by atoms with van der Waals surface area (Å²) in [4.78, 5) is 0. The third-order valence-electron chi connectivity index (χ3n) is 3.28. The van der Waals surface area contributed by atoms with Crippen molar-refractivity contribution in [2.45, 2.75) is 25.3 Å². The summed E-state index contributed by atoms with van der Waals surface area (Å²) in [5, 5.41) is 0. The largest absolute Gasteiger partial charge is 0.497 e. The van der Waals surface area contributed by atoms with Gasteiger partial charge in [-0.2, -0.15) is 0 Å². The molecule has 0 bridgehead atoms. The van der Waals surface area contributed by atoms with E-state index in [1.807, 2.05) is 12.1 Å². The number of nitrogens with one attached hydrogen (secondary N) is 1. The van der Waals surface area contributed by atoms with E-state index in [1.54, 1.807) is 7.11 Å². The first-order chi connectivity index (χ1) is 7.35. The van der Waals surface area contributed by atoms with E-state index in [-0.39, 0.29) is 0 Å². The van der Waals surface area contributed by atoms with Crippen molar-refractivity contribution in [3.8, 4) is 5.75 Å². The zero-order valence-corrected chi connectivity index (χ0v) is 9.07. The molecule has 0 heterocycles. The number of hydrogen-bond acceptors (Lipinski definition) is 3. The molecule has 3 N–H and O–H groups in total. The van der Waals surface area contributed by atoms with Gasteiger partial charge in [0.25, 0.3) is 0 Å². The fourth-order valence-electron chi connectivity index (χ4n) is 2.09. The van der Waals surface area contributed by atoms with Crippen molar-refractivity contribution < 1.29 is 4.74 Å². The van der Waals surface area contributed by atoms with Crippen LogP contribution in [0.15, 0.2) is 24.3 Å². The van der Waals surface area contributed by atoms with Crippen molar-refractivity contribution in [1.82, 2.24) is 5.43 Å². The van der Waals surface area contributed by atoms with Crippen LogP contribution in [-0.2, 0) is 0 Å². The molecule has 0 aliphatic heterocycles. The predicted octanol–water partition coefficient (Wildman–Crippen LogP) is 2.00. The highest BCUT2D eigenvalue weighted by Crippen LogP contribution is 2.37. The molecule has 0 amide bonds. The molecule has 1 aromatic carbocycles. The molecular formula is C12H18N2O. The summed E-state index contributed by atoms with van der Waals surface area (Å²) in [6, 6.07) is 8.43. The molecule has 3 nitrogen and oxygen atoms in total. The van der Waals surface area contributed by atoms with E-state index < -0.39 is 0 Å². The molecule has 0 spiro atoms. The van der Waals surface area contributed by atoms with Gasteiger partial charge in [-0.15, -0.1) is 0 Å². The Bertz CT molecular complexity index is 306. The van der Waals surface area contributed by atoms with E-state index in [0.717, 1.165) is 5.75 Å². The van der Waals surface area contributed by atoms with Crippen molar-refractivity contribution in [2.75, 3.05) is 7.11 Å². The molecule has 1 aromatic rings. The average Bonchev–Trinajstić information content (AvgIpc) is 2.23. The first-order valence-corrected chi connectivity index (χ1v) is 5.45. The van der Waals surface area contributed by atoms with Gasteiger partial charge in [-0.25, -0.2) is 0 Å². The third kappa shape index (κ3) is 2.13. The number of ether oxygens (including phenoxy) is 1. The van der Waals surface area contributed by atoms with Gasteiger partial charge in [-0.1, -0.05) is 18.6 Å². The molecule has 2 rings (SSSR count). The normalized spacial score (nSPS) is 18.3. The molecule has 1 aliphatic carbocycles. The van der Waals surface area contributed by atoms with Crippen LogP contribution in [0.2, 0.25) is 0 Å². The molecule has 3 heteroatoms. The average molecular weight is 206 g/mol. The highest BCUT2D eigenvalue weighted by atomic mass is 16.5. The standard InChI is InChI=1S/C12H18N2O/c1-15-11-7-5-10(6-8-11)12(14-13)9-3-2-4-9/h5-9,12,14H,2-4,13H2,1H3. The van der Waals surface area contributed by atoms with Gasteiger partial charge >= 0.3 is 0 Å². The maximum atomic E-state index is 5.60. The van der Waals surface area contributed by atoms with Gasteiger partial charge in [0.05, 0.1) is 7.11 Å². The lowest BCUT2D eigenvalue weighted by Gasteiger charge is -2.33. The molecule has 1 unspecified atom stereocenters. The molecule has 1 aliphatic rings.